The molecule has 1 N–H and O–H groups in total. The highest BCUT2D eigenvalue weighted by molar-refractivity contribution is 6.14. The molecule has 6 nitrogen and oxygen atoms in total. The third-order valence-corrected chi connectivity index (χ3v) is 3.40. The van der Waals surface area contributed by atoms with Gasteiger partial charge in [0.1, 0.15) is 12.3 Å². The number of hydrogen-bond acceptors (Lipinski definition) is 4. The summed E-state index contributed by atoms with van der Waals surface area (Å²) < 4.78 is 0. The molecule has 2 rings (SSSR count). The number of hydrogen-bond donors (Lipinski definition) is 1. The highest BCUT2D eigenvalue weighted by Crippen LogP contribution is 2.30. The van der Waals surface area contributed by atoms with Crippen LogP contribution in [0, 0.1) is 0 Å². The van der Waals surface area contributed by atoms with E-state index in [4.69, 9.17) is 0 Å². The molecule has 2 atom stereocenters. The van der Waals surface area contributed by atoms with E-state index in [1.807, 2.05) is 0 Å². The summed E-state index contributed by atoms with van der Waals surface area (Å²) in [5, 5.41) is 5.43. The Morgan fingerprint density at radius 2 is 2.12 bits per heavy atom. The van der Waals surface area contributed by atoms with E-state index in [9.17, 15) is 14.4 Å². The second-order valence-electron chi connectivity index (χ2n) is 4.30. The minimum atomic E-state index is -1.22. The van der Waals surface area contributed by atoms with Crippen molar-refractivity contribution in [2.75, 3.05) is 13.6 Å². The normalized spacial score (nSPS) is 34.2. The number of likely N-dealkylation sites (N-methyl/N-ethyl adjacent to an activating group) is 1. The number of amides is 2. The lowest BCUT2D eigenvalue weighted by atomic mass is 10.0. The largest absolute Gasteiger partial charge is 0.301 e. The van der Waals surface area contributed by atoms with Crippen molar-refractivity contribution >= 4 is 18.1 Å². The van der Waals surface area contributed by atoms with Gasteiger partial charge >= 0.3 is 0 Å². The maximum atomic E-state index is 12.1. The van der Waals surface area contributed by atoms with Crippen LogP contribution >= 0.6 is 0 Å². The predicted octanol–water partition coefficient (Wildman–Crippen LogP) is -1.09. The molecule has 2 aliphatic rings. The van der Waals surface area contributed by atoms with Crippen molar-refractivity contribution in [2.24, 2.45) is 0 Å². The second-order valence-corrected chi connectivity index (χ2v) is 4.30. The quantitative estimate of drug-likeness (QED) is 0.479. The molecule has 2 fully saturated rings. The first-order chi connectivity index (χ1) is 7.56. The fraction of sp³-hybridized carbons (Fsp3) is 0.700. The molecule has 88 valence electrons. The standard InChI is InChI=1S/C10H15N3O3/c1-10(11-2)8(15)12-5-3-4-7(6-14)13(12)9(10)16/h6-7,11H,3-5H2,1-2H3. The molecular formula is C10H15N3O3. The molecule has 2 unspecified atom stereocenters. The first kappa shape index (κ1) is 11.1. The molecule has 2 saturated heterocycles. The molecule has 0 aliphatic carbocycles. The van der Waals surface area contributed by atoms with Crippen LogP contribution in [-0.4, -0.2) is 53.3 Å². The Balaban J connectivity index is 2.39. The summed E-state index contributed by atoms with van der Waals surface area (Å²) in [6.45, 7) is 2.06. The molecular weight excluding hydrogens is 210 g/mol. The van der Waals surface area contributed by atoms with E-state index in [1.54, 1.807) is 14.0 Å². The number of carbonyl (C=O) groups is 3. The monoisotopic (exact) mass is 225 g/mol. The zero-order valence-corrected chi connectivity index (χ0v) is 9.40. The first-order valence-electron chi connectivity index (χ1n) is 5.36. The Bertz CT molecular complexity index is 357. The Morgan fingerprint density at radius 1 is 1.44 bits per heavy atom. The van der Waals surface area contributed by atoms with Crippen LogP contribution in [0.4, 0.5) is 0 Å². The molecule has 0 saturated carbocycles. The number of carbonyl (C=O) groups excluding carboxylic acids is 3. The van der Waals surface area contributed by atoms with Crippen molar-refractivity contribution < 1.29 is 14.4 Å². The summed E-state index contributed by atoms with van der Waals surface area (Å²) in [4.78, 5) is 35.1. The molecule has 2 amide bonds. The number of fused-ring (bicyclic) bond motifs is 1. The van der Waals surface area contributed by atoms with E-state index < -0.39 is 11.6 Å². The van der Waals surface area contributed by atoms with Crippen molar-refractivity contribution in [3.8, 4) is 0 Å². The number of aldehydes is 1. The van der Waals surface area contributed by atoms with Crippen LogP contribution in [0.1, 0.15) is 19.8 Å². The average Bonchev–Trinajstić information content (AvgIpc) is 2.52. The van der Waals surface area contributed by atoms with Crippen molar-refractivity contribution in [3.05, 3.63) is 0 Å². The zero-order valence-electron chi connectivity index (χ0n) is 9.40. The fourth-order valence-electron chi connectivity index (χ4n) is 2.24. The first-order valence-corrected chi connectivity index (χ1v) is 5.36. The highest BCUT2D eigenvalue weighted by Gasteiger charge is 2.57. The van der Waals surface area contributed by atoms with E-state index in [1.165, 1.54) is 10.0 Å². The minimum Gasteiger partial charge on any atom is -0.301 e. The van der Waals surface area contributed by atoms with Crippen LogP contribution < -0.4 is 5.32 Å². The van der Waals surface area contributed by atoms with Gasteiger partial charge in [-0.25, -0.2) is 10.0 Å². The van der Waals surface area contributed by atoms with Crippen molar-refractivity contribution in [3.63, 3.8) is 0 Å². The van der Waals surface area contributed by atoms with E-state index >= 15 is 0 Å². The number of hydrazine groups is 1. The summed E-state index contributed by atoms with van der Waals surface area (Å²) in [6.07, 6.45) is 2.11. The molecule has 0 bridgehead atoms. The van der Waals surface area contributed by atoms with Gasteiger partial charge in [-0.3, -0.25) is 14.9 Å². The van der Waals surface area contributed by atoms with Gasteiger partial charge in [-0.1, -0.05) is 0 Å². The Labute approximate surface area is 93.5 Å². The Kier molecular flexibility index (Phi) is 2.46. The molecule has 0 aromatic heterocycles. The van der Waals surface area contributed by atoms with Crippen LogP contribution in [0.25, 0.3) is 0 Å². The lowest BCUT2D eigenvalue weighted by Crippen LogP contribution is -2.53. The van der Waals surface area contributed by atoms with Gasteiger partial charge in [0.05, 0.1) is 0 Å². The van der Waals surface area contributed by atoms with Gasteiger partial charge in [0.25, 0.3) is 11.8 Å². The van der Waals surface area contributed by atoms with E-state index in [-0.39, 0.29) is 11.8 Å². The summed E-state index contributed by atoms with van der Waals surface area (Å²) >= 11 is 0. The summed E-state index contributed by atoms with van der Waals surface area (Å²) in [5.74, 6) is -0.608. The van der Waals surface area contributed by atoms with E-state index in [2.05, 4.69) is 5.32 Å². The van der Waals surface area contributed by atoms with E-state index in [0.717, 1.165) is 12.7 Å². The van der Waals surface area contributed by atoms with E-state index in [0.29, 0.717) is 13.0 Å². The molecule has 0 aromatic rings. The number of nitrogens with zero attached hydrogens (tertiary/aromatic N) is 2. The molecule has 6 heteroatoms. The smallest absolute Gasteiger partial charge is 0.271 e. The molecule has 0 spiro atoms. The fourth-order valence-corrected chi connectivity index (χ4v) is 2.24. The Hall–Kier alpha value is -1.43. The van der Waals surface area contributed by atoms with Gasteiger partial charge in [0, 0.05) is 6.54 Å². The maximum absolute atomic E-state index is 12.1. The average molecular weight is 225 g/mol. The third-order valence-electron chi connectivity index (χ3n) is 3.40. The lowest BCUT2D eigenvalue weighted by Gasteiger charge is -2.36. The maximum Gasteiger partial charge on any atom is 0.271 e. The summed E-state index contributed by atoms with van der Waals surface area (Å²) in [7, 11) is 1.57. The summed E-state index contributed by atoms with van der Waals surface area (Å²) in [6, 6.07) is -0.500. The van der Waals surface area contributed by atoms with Gasteiger partial charge in [0.15, 0.2) is 5.54 Å². The SMILES string of the molecule is CNC1(C)C(=O)N2CCCC(C=O)N2C1=O. The van der Waals surface area contributed by atoms with Crippen LogP contribution in [0.2, 0.25) is 0 Å². The van der Waals surface area contributed by atoms with Crippen LogP contribution in [0.3, 0.4) is 0 Å². The molecule has 0 radical (unpaired) electrons. The lowest BCUT2D eigenvalue weighted by molar-refractivity contribution is -0.158. The van der Waals surface area contributed by atoms with Gasteiger partial charge in [-0.15, -0.1) is 0 Å². The number of rotatable bonds is 2. The van der Waals surface area contributed by atoms with Gasteiger partial charge in [-0.05, 0) is 26.8 Å². The van der Waals surface area contributed by atoms with Gasteiger partial charge in [-0.2, -0.15) is 0 Å². The molecule has 2 heterocycles. The molecule has 16 heavy (non-hydrogen) atoms. The topological polar surface area (TPSA) is 69.7 Å². The summed E-state index contributed by atoms with van der Waals surface area (Å²) in [5.41, 5.74) is -1.22. The third kappa shape index (κ3) is 1.19. The predicted molar refractivity (Wildman–Crippen MR) is 55.1 cm³/mol. The van der Waals surface area contributed by atoms with Crippen LogP contribution in [-0.2, 0) is 14.4 Å². The highest BCUT2D eigenvalue weighted by atomic mass is 16.2. The second kappa shape index (κ2) is 3.55. The van der Waals surface area contributed by atoms with Crippen LogP contribution in [0.5, 0.6) is 0 Å². The minimum absolute atomic E-state index is 0.272. The molecule has 0 aromatic carbocycles. The van der Waals surface area contributed by atoms with Crippen molar-refractivity contribution in [1.82, 2.24) is 15.3 Å². The van der Waals surface area contributed by atoms with Crippen LogP contribution in [0.15, 0.2) is 0 Å². The van der Waals surface area contributed by atoms with Gasteiger partial charge < -0.3 is 4.79 Å². The Morgan fingerprint density at radius 3 is 2.69 bits per heavy atom. The zero-order chi connectivity index (χ0) is 11.9. The number of nitrogens with one attached hydrogen (secondary N) is 1. The molecule has 2 aliphatic heterocycles. The van der Waals surface area contributed by atoms with Gasteiger partial charge in [0.2, 0.25) is 0 Å². The van der Waals surface area contributed by atoms with Crippen molar-refractivity contribution in [2.45, 2.75) is 31.3 Å². The van der Waals surface area contributed by atoms with Crippen molar-refractivity contribution in [1.29, 1.82) is 0 Å².